The van der Waals surface area contributed by atoms with Gasteiger partial charge < -0.3 is 24.6 Å². The van der Waals surface area contributed by atoms with E-state index in [0.29, 0.717) is 19.5 Å². The molecule has 2 heterocycles. The van der Waals surface area contributed by atoms with Crippen molar-refractivity contribution in [1.29, 1.82) is 0 Å². The minimum absolute atomic E-state index is 0.104. The summed E-state index contributed by atoms with van der Waals surface area (Å²) in [6, 6.07) is 1.63. The van der Waals surface area contributed by atoms with Gasteiger partial charge in [0, 0.05) is 31.1 Å². The first-order valence-electron chi connectivity index (χ1n) is 10.4. The van der Waals surface area contributed by atoms with Crippen molar-refractivity contribution in [3.8, 4) is 0 Å². The Morgan fingerprint density at radius 3 is 2.56 bits per heavy atom. The lowest BCUT2D eigenvalue weighted by Crippen LogP contribution is -2.40. The van der Waals surface area contributed by atoms with Crippen molar-refractivity contribution in [3.05, 3.63) is 39.9 Å². The van der Waals surface area contributed by atoms with Crippen LogP contribution in [0.25, 0.3) is 10.9 Å². The number of carbonyl (C=O) groups is 2. The van der Waals surface area contributed by atoms with Gasteiger partial charge in [-0.2, -0.15) is 0 Å². The smallest absolute Gasteiger partial charge is 0.407 e. The quantitative estimate of drug-likeness (QED) is 0.743. The Morgan fingerprint density at radius 2 is 1.97 bits per heavy atom. The molecule has 1 aromatic carbocycles. The van der Waals surface area contributed by atoms with Gasteiger partial charge in [0.1, 0.15) is 23.2 Å². The van der Waals surface area contributed by atoms with Gasteiger partial charge in [-0.05, 0) is 39.3 Å². The molecule has 172 valence electrons. The molecule has 32 heavy (non-hydrogen) atoms. The highest BCUT2D eigenvalue weighted by Gasteiger charge is 2.40. The number of nitrogens with one attached hydrogen (secondary N) is 1. The van der Waals surface area contributed by atoms with E-state index in [9.17, 15) is 28.3 Å². The summed E-state index contributed by atoms with van der Waals surface area (Å²) in [5.41, 5.74) is -1.48. The van der Waals surface area contributed by atoms with Gasteiger partial charge >= 0.3 is 12.1 Å². The molecule has 1 saturated heterocycles. The van der Waals surface area contributed by atoms with E-state index in [1.165, 1.54) is 10.6 Å². The summed E-state index contributed by atoms with van der Waals surface area (Å²) >= 11 is 0. The third-order valence-corrected chi connectivity index (χ3v) is 5.62. The van der Waals surface area contributed by atoms with Crippen LogP contribution in [0.5, 0.6) is 0 Å². The van der Waals surface area contributed by atoms with Crippen molar-refractivity contribution in [2.24, 2.45) is 0 Å². The average Bonchev–Trinajstić information content (AvgIpc) is 3.21. The van der Waals surface area contributed by atoms with Gasteiger partial charge in [0.15, 0.2) is 0 Å². The largest absolute Gasteiger partial charge is 0.477 e. The molecule has 3 unspecified atom stereocenters. The number of alkyl carbamates (subject to hydrolysis) is 1. The molecule has 1 aliphatic heterocycles. The van der Waals surface area contributed by atoms with Gasteiger partial charge in [0.05, 0.1) is 23.3 Å². The molecule has 1 saturated carbocycles. The summed E-state index contributed by atoms with van der Waals surface area (Å²) in [5, 5.41) is 12.0. The number of fused-ring (bicyclic) bond motifs is 1. The molecule has 3 atom stereocenters. The topological polar surface area (TPSA) is 101 Å². The zero-order valence-corrected chi connectivity index (χ0v) is 18.0. The Hall–Kier alpha value is -3.17. The Balaban J connectivity index is 1.65. The molecular weight excluding hydrogens is 424 g/mol. The molecule has 2 aliphatic rings. The summed E-state index contributed by atoms with van der Waals surface area (Å²) in [6.07, 6.45) is 0.202. The van der Waals surface area contributed by atoms with Gasteiger partial charge in [0.25, 0.3) is 0 Å². The molecular formula is C22H25F2N3O5. The van der Waals surface area contributed by atoms with E-state index < -0.39 is 46.7 Å². The van der Waals surface area contributed by atoms with E-state index in [1.807, 2.05) is 0 Å². The van der Waals surface area contributed by atoms with Crippen LogP contribution in [0, 0.1) is 5.82 Å². The predicted octanol–water partition coefficient (Wildman–Crippen LogP) is 3.23. The van der Waals surface area contributed by atoms with Crippen LogP contribution in [0.3, 0.4) is 0 Å². The summed E-state index contributed by atoms with van der Waals surface area (Å²) in [7, 11) is 0. The van der Waals surface area contributed by atoms with Gasteiger partial charge in [-0.3, -0.25) is 4.79 Å². The third kappa shape index (κ3) is 4.26. The Morgan fingerprint density at radius 1 is 1.28 bits per heavy atom. The van der Waals surface area contributed by atoms with Gasteiger partial charge in [-0.25, -0.2) is 18.4 Å². The molecule has 0 radical (unpaired) electrons. The Kier molecular flexibility index (Phi) is 5.34. The minimum atomic E-state index is -1.44. The number of aromatic carboxylic acids is 1. The first-order chi connectivity index (χ1) is 14.9. The van der Waals surface area contributed by atoms with Crippen molar-refractivity contribution >= 4 is 28.7 Å². The molecule has 2 fully saturated rings. The number of carboxylic acid groups (broad SMARTS) is 1. The molecule has 1 amide bonds. The maximum absolute atomic E-state index is 15.0. The zero-order valence-electron chi connectivity index (χ0n) is 18.0. The summed E-state index contributed by atoms with van der Waals surface area (Å²) in [6.45, 7) is 6.06. The predicted molar refractivity (Wildman–Crippen MR) is 114 cm³/mol. The second-order valence-electron chi connectivity index (χ2n) is 9.30. The maximum atomic E-state index is 15.0. The van der Waals surface area contributed by atoms with Crippen LogP contribution in [0.1, 0.15) is 50.0 Å². The van der Waals surface area contributed by atoms with Gasteiger partial charge in [-0.1, -0.05) is 0 Å². The lowest BCUT2D eigenvalue weighted by Gasteiger charge is -2.23. The fraction of sp³-hybridized carbons (Fsp3) is 0.500. The van der Waals surface area contributed by atoms with Crippen LogP contribution in [0.2, 0.25) is 0 Å². The number of hydrogen-bond donors (Lipinski definition) is 2. The highest BCUT2D eigenvalue weighted by Crippen LogP contribution is 2.41. The highest BCUT2D eigenvalue weighted by molar-refractivity contribution is 5.93. The van der Waals surface area contributed by atoms with Crippen LogP contribution in [-0.4, -0.2) is 52.6 Å². The number of ether oxygens (including phenoxy) is 1. The number of carbonyl (C=O) groups excluding carboxylic acids is 1. The number of hydrogen-bond acceptors (Lipinski definition) is 5. The number of amides is 1. The second-order valence-corrected chi connectivity index (χ2v) is 9.30. The zero-order chi connectivity index (χ0) is 23.4. The first-order valence-corrected chi connectivity index (χ1v) is 10.4. The second kappa shape index (κ2) is 7.75. The first kappa shape index (κ1) is 22.0. The lowest BCUT2D eigenvalue weighted by molar-refractivity contribution is 0.0508. The molecule has 4 rings (SSSR count). The number of nitrogens with zero attached hydrogens (tertiary/aromatic N) is 2. The Labute approximate surface area is 182 Å². The molecule has 2 N–H and O–H groups in total. The molecule has 8 nitrogen and oxygen atoms in total. The number of pyridine rings is 1. The van der Waals surface area contributed by atoms with E-state index in [-0.39, 0.29) is 29.1 Å². The normalized spacial score (nSPS) is 22.8. The van der Waals surface area contributed by atoms with Crippen LogP contribution in [0.4, 0.5) is 19.3 Å². The fourth-order valence-electron chi connectivity index (χ4n) is 4.04. The van der Waals surface area contributed by atoms with Gasteiger partial charge in [-0.15, -0.1) is 0 Å². The molecule has 0 spiro atoms. The molecule has 1 aromatic heterocycles. The molecule has 2 aromatic rings. The fourth-order valence-corrected chi connectivity index (χ4v) is 4.04. The minimum Gasteiger partial charge on any atom is -0.477 e. The third-order valence-electron chi connectivity index (χ3n) is 5.62. The standard InChI is InChI=1S/C22H25F2N3O5/c1-22(2,3)32-21(31)25-11-4-5-26(9-11)17-8-16-12(6-14(17)23)19(28)13(20(29)30)10-27(16)18-7-15(18)24/h6,8,10-11,15,18H,4-5,7,9H2,1-3H3,(H,25,31)(H,29,30). The van der Waals surface area contributed by atoms with E-state index >= 15 is 0 Å². The monoisotopic (exact) mass is 449 g/mol. The highest BCUT2D eigenvalue weighted by atomic mass is 19.1. The van der Waals surface area contributed by atoms with Crippen LogP contribution in [0.15, 0.2) is 23.1 Å². The van der Waals surface area contributed by atoms with Crippen molar-refractivity contribution < 1.29 is 28.2 Å². The maximum Gasteiger partial charge on any atom is 0.407 e. The number of halogens is 2. The van der Waals surface area contributed by atoms with Crippen LogP contribution in [-0.2, 0) is 4.74 Å². The van der Waals surface area contributed by atoms with Crippen molar-refractivity contribution in [2.45, 2.75) is 57.5 Å². The number of benzene rings is 1. The SMILES string of the molecule is CC(C)(C)OC(=O)NC1CCN(c2cc3c(cc2F)c(=O)c(C(=O)O)cn3C2CC2F)C1. The number of rotatable bonds is 4. The van der Waals surface area contributed by atoms with Crippen LogP contribution >= 0.6 is 0 Å². The summed E-state index contributed by atoms with van der Waals surface area (Å²) in [4.78, 5) is 37.8. The number of anilines is 1. The van der Waals surface area contributed by atoms with Crippen molar-refractivity contribution in [2.75, 3.05) is 18.0 Å². The summed E-state index contributed by atoms with van der Waals surface area (Å²) in [5.74, 6) is -2.13. The molecule has 10 heteroatoms. The van der Waals surface area contributed by atoms with E-state index in [0.717, 1.165) is 12.3 Å². The average molecular weight is 449 g/mol. The number of carboxylic acids is 1. The van der Waals surface area contributed by atoms with Crippen LogP contribution < -0.4 is 15.6 Å². The summed E-state index contributed by atoms with van der Waals surface area (Å²) < 4.78 is 35.5. The lowest BCUT2D eigenvalue weighted by atomic mass is 10.1. The van der Waals surface area contributed by atoms with E-state index in [4.69, 9.17) is 4.74 Å². The van der Waals surface area contributed by atoms with E-state index in [2.05, 4.69) is 5.32 Å². The molecule has 0 bridgehead atoms. The Bertz CT molecular complexity index is 1160. The number of alkyl halides is 1. The number of aromatic nitrogens is 1. The molecule has 1 aliphatic carbocycles. The van der Waals surface area contributed by atoms with E-state index in [1.54, 1.807) is 25.7 Å². The van der Waals surface area contributed by atoms with Crippen molar-refractivity contribution in [3.63, 3.8) is 0 Å². The van der Waals surface area contributed by atoms with Gasteiger partial charge in [0.2, 0.25) is 5.43 Å². The van der Waals surface area contributed by atoms with Crippen molar-refractivity contribution in [1.82, 2.24) is 9.88 Å².